The predicted molar refractivity (Wildman–Crippen MR) is 82.9 cm³/mol. The van der Waals surface area contributed by atoms with E-state index in [-0.39, 0.29) is 17.9 Å². The maximum Gasteiger partial charge on any atom is 0.416 e. The van der Waals surface area contributed by atoms with Crippen LogP contribution in [0.5, 0.6) is 0 Å². The molecule has 0 radical (unpaired) electrons. The molecule has 3 atom stereocenters. The Balaban J connectivity index is 1.95. The molecule has 3 unspecified atom stereocenters. The monoisotopic (exact) mass is 328 g/mol. The Labute approximate surface area is 134 Å². The van der Waals surface area contributed by atoms with Crippen LogP contribution in [0.15, 0.2) is 24.3 Å². The number of alkyl halides is 3. The number of rotatable bonds is 4. The first kappa shape index (κ1) is 17.8. The SMILES string of the molecule is CC(Cc1cccc(C(F)(F)F)c1)C(=O)NC1CCNCC1C. The normalized spacial score (nSPS) is 23.3. The van der Waals surface area contributed by atoms with Crippen molar-refractivity contribution in [1.82, 2.24) is 10.6 Å². The summed E-state index contributed by atoms with van der Waals surface area (Å²) >= 11 is 0. The van der Waals surface area contributed by atoms with Crippen molar-refractivity contribution in [3.8, 4) is 0 Å². The molecule has 1 aliphatic rings. The molecule has 0 saturated carbocycles. The van der Waals surface area contributed by atoms with Crippen molar-refractivity contribution in [2.75, 3.05) is 13.1 Å². The molecule has 1 aliphatic heterocycles. The summed E-state index contributed by atoms with van der Waals surface area (Å²) < 4.78 is 38.2. The van der Waals surface area contributed by atoms with E-state index in [2.05, 4.69) is 17.6 Å². The van der Waals surface area contributed by atoms with Crippen molar-refractivity contribution in [2.45, 2.75) is 38.9 Å². The number of benzene rings is 1. The van der Waals surface area contributed by atoms with E-state index < -0.39 is 11.7 Å². The van der Waals surface area contributed by atoms with Crippen molar-refractivity contribution in [1.29, 1.82) is 0 Å². The molecule has 3 nitrogen and oxygen atoms in total. The zero-order valence-corrected chi connectivity index (χ0v) is 13.4. The van der Waals surface area contributed by atoms with Crippen molar-refractivity contribution < 1.29 is 18.0 Å². The maximum atomic E-state index is 12.7. The van der Waals surface area contributed by atoms with E-state index in [1.165, 1.54) is 6.07 Å². The summed E-state index contributed by atoms with van der Waals surface area (Å²) in [5.74, 6) is -0.102. The van der Waals surface area contributed by atoms with E-state index in [9.17, 15) is 18.0 Å². The largest absolute Gasteiger partial charge is 0.416 e. The molecule has 1 saturated heterocycles. The third-order valence-electron chi connectivity index (χ3n) is 4.36. The van der Waals surface area contributed by atoms with Gasteiger partial charge < -0.3 is 10.6 Å². The van der Waals surface area contributed by atoms with Gasteiger partial charge in [-0.25, -0.2) is 0 Å². The molecule has 128 valence electrons. The number of nitrogens with one attached hydrogen (secondary N) is 2. The second-order valence-corrected chi connectivity index (χ2v) is 6.39. The number of hydrogen-bond acceptors (Lipinski definition) is 2. The zero-order chi connectivity index (χ0) is 17.0. The minimum atomic E-state index is -4.36. The molecular weight excluding hydrogens is 305 g/mol. The van der Waals surface area contributed by atoms with Crippen LogP contribution in [0.4, 0.5) is 13.2 Å². The molecule has 2 rings (SSSR count). The van der Waals surface area contributed by atoms with Gasteiger partial charge >= 0.3 is 6.18 Å². The quantitative estimate of drug-likeness (QED) is 0.892. The molecule has 1 fully saturated rings. The number of carbonyl (C=O) groups is 1. The van der Waals surface area contributed by atoms with E-state index in [4.69, 9.17) is 0 Å². The predicted octanol–water partition coefficient (Wildman–Crippen LogP) is 3.00. The van der Waals surface area contributed by atoms with E-state index in [1.807, 2.05) is 0 Å². The molecule has 0 bridgehead atoms. The summed E-state index contributed by atoms with van der Waals surface area (Å²) in [6.07, 6.45) is -3.18. The molecular formula is C17H23F3N2O. The van der Waals surface area contributed by atoms with Gasteiger partial charge in [-0.3, -0.25) is 4.79 Å². The summed E-state index contributed by atoms with van der Waals surface area (Å²) in [6.45, 7) is 5.57. The van der Waals surface area contributed by atoms with Gasteiger partial charge in [-0.2, -0.15) is 13.2 Å². The first-order chi connectivity index (χ1) is 10.8. The Bertz CT molecular complexity index is 545. The number of carbonyl (C=O) groups excluding carboxylic acids is 1. The van der Waals surface area contributed by atoms with Gasteiger partial charge in [0.25, 0.3) is 0 Å². The summed E-state index contributed by atoms with van der Waals surface area (Å²) in [6, 6.07) is 5.32. The number of halogens is 3. The number of piperidine rings is 1. The van der Waals surface area contributed by atoms with Gasteiger partial charge in [0.2, 0.25) is 5.91 Å². The van der Waals surface area contributed by atoms with E-state index in [0.717, 1.165) is 31.6 Å². The van der Waals surface area contributed by atoms with Gasteiger partial charge in [0.1, 0.15) is 0 Å². The lowest BCUT2D eigenvalue weighted by molar-refractivity contribution is -0.137. The van der Waals surface area contributed by atoms with Crippen LogP contribution in [0.1, 0.15) is 31.4 Å². The number of hydrogen-bond donors (Lipinski definition) is 2. The van der Waals surface area contributed by atoms with Crippen LogP contribution < -0.4 is 10.6 Å². The van der Waals surface area contributed by atoms with Crippen molar-refractivity contribution in [3.05, 3.63) is 35.4 Å². The minimum absolute atomic E-state index is 0.0961. The third kappa shape index (κ3) is 4.96. The Morgan fingerprint density at radius 1 is 1.43 bits per heavy atom. The maximum absolute atomic E-state index is 12.7. The topological polar surface area (TPSA) is 41.1 Å². The van der Waals surface area contributed by atoms with Gasteiger partial charge in [0.15, 0.2) is 0 Å². The molecule has 1 aromatic carbocycles. The lowest BCUT2D eigenvalue weighted by atomic mass is 9.93. The van der Waals surface area contributed by atoms with Crippen LogP contribution in [0, 0.1) is 11.8 Å². The second kappa shape index (κ2) is 7.34. The van der Waals surface area contributed by atoms with Gasteiger partial charge in [-0.1, -0.05) is 32.0 Å². The Hall–Kier alpha value is -1.56. The van der Waals surface area contributed by atoms with E-state index in [0.29, 0.717) is 17.9 Å². The van der Waals surface area contributed by atoms with Crippen molar-refractivity contribution in [3.63, 3.8) is 0 Å². The molecule has 1 aromatic rings. The second-order valence-electron chi connectivity index (χ2n) is 6.39. The summed E-state index contributed by atoms with van der Waals surface area (Å²) in [4.78, 5) is 12.3. The summed E-state index contributed by atoms with van der Waals surface area (Å²) in [5.41, 5.74) is -0.143. The summed E-state index contributed by atoms with van der Waals surface area (Å²) in [5, 5.41) is 6.30. The van der Waals surface area contributed by atoms with E-state index in [1.54, 1.807) is 13.0 Å². The molecule has 1 amide bonds. The van der Waals surface area contributed by atoms with Crippen molar-refractivity contribution in [2.24, 2.45) is 11.8 Å². The Morgan fingerprint density at radius 2 is 2.17 bits per heavy atom. The zero-order valence-electron chi connectivity index (χ0n) is 13.4. The Kier molecular flexibility index (Phi) is 5.68. The third-order valence-corrected chi connectivity index (χ3v) is 4.36. The van der Waals surface area contributed by atoms with E-state index >= 15 is 0 Å². The highest BCUT2D eigenvalue weighted by Crippen LogP contribution is 2.30. The van der Waals surface area contributed by atoms with Crippen molar-refractivity contribution >= 4 is 5.91 Å². The number of amides is 1. The first-order valence-electron chi connectivity index (χ1n) is 7.94. The van der Waals surface area contributed by atoms with Gasteiger partial charge in [0, 0.05) is 12.0 Å². The van der Waals surface area contributed by atoms with Crippen LogP contribution in [-0.2, 0) is 17.4 Å². The minimum Gasteiger partial charge on any atom is -0.353 e. The highest BCUT2D eigenvalue weighted by molar-refractivity contribution is 5.79. The average Bonchev–Trinajstić information content (AvgIpc) is 2.49. The molecule has 0 aliphatic carbocycles. The average molecular weight is 328 g/mol. The van der Waals surface area contributed by atoms with Crippen LogP contribution >= 0.6 is 0 Å². The van der Waals surface area contributed by atoms with Gasteiger partial charge in [-0.05, 0) is 43.5 Å². The molecule has 2 N–H and O–H groups in total. The Morgan fingerprint density at radius 3 is 2.83 bits per heavy atom. The molecule has 6 heteroatoms. The van der Waals surface area contributed by atoms with Crippen LogP contribution in [0.3, 0.4) is 0 Å². The van der Waals surface area contributed by atoms with Crippen LogP contribution in [0.25, 0.3) is 0 Å². The fraction of sp³-hybridized carbons (Fsp3) is 0.588. The molecule has 0 aromatic heterocycles. The molecule has 1 heterocycles. The van der Waals surface area contributed by atoms with Crippen LogP contribution in [0.2, 0.25) is 0 Å². The molecule has 0 spiro atoms. The highest BCUT2D eigenvalue weighted by Gasteiger charge is 2.30. The fourth-order valence-electron chi connectivity index (χ4n) is 2.87. The smallest absolute Gasteiger partial charge is 0.353 e. The van der Waals surface area contributed by atoms with Crippen LogP contribution in [-0.4, -0.2) is 25.0 Å². The molecule has 23 heavy (non-hydrogen) atoms. The lowest BCUT2D eigenvalue weighted by Gasteiger charge is -2.31. The highest BCUT2D eigenvalue weighted by atomic mass is 19.4. The van der Waals surface area contributed by atoms with Gasteiger partial charge in [-0.15, -0.1) is 0 Å². The first-order valence-corrected chi connectivity index (χ1v) is 7.94. The lowest BCUT2D eigenvalue weighted by Crippen LogP contribution is -2.49. The van der Waals surface area contributed by atoms with Gasteiger partial charge in [0.05, 0.1) is 5.56 Å². The fourth-order valence-corrected chi connectivity index (χ4v) is 2.87. The summed E-state index contributed by atoms with van der Waals surface area (Å²) in [7, 11) is 0. The standard InChI is InChI=1S/C17H23F3N2O/c1-11(16(23)22-15-6-7-21-10-12(15)2)8-13-4-3-5-14(9-13)17(18,19)20/h3-5,9,11-12,15,21H,6-8,10H2,1-2H3,(H,22,23).